The average molecular weight is 313 g/mol. The molecule has 0 bridgehead atoms. The number of carbonyl (C=O) groups excluding carboxylic acids is 1. The van der Waals surface area contributed by atoms with Crippen LogP contribution in [0.1, 0.15) is 35.0 Å². The van der Waals surface area contributed by atoms with Gasteiger partial charge in [0, 0.05) is 0 Å². The van der Waals surface area contributed by atoms with Gasteiger partial charge in [0.15, 0.2) is 5.15 Å². The van der Waals surface area contributed by atoms with Crippen molar-refractivity contribution in [2.75, 3.05) is 0 Å². The molecule has 3 nitrogen and oxygen atoms in total. The lowest BCUT2D eigenvalue weighted by atomic mass is 10.0. The maximum Gasteiger partial charge on any atom is 0.217 e. The van der Waals surface area contributed by atoms with Crippen molar-refractivity contribution in [3.63, 3.8) is 0 Å². The van der Waals surface area contributed by atoms with E-state index in [9.17, 15) is 9.18 Å². The topological polar surface area (TPSA) is 42.9 Å². The van der Waals surface area contributed by atoms with E-state index in [1.807, 2.05) is 6.92 Å². The molecule has 0 atom stereocenters. The smallest absolute Gasteiger partial charge is 0.217 e. The van der Waals surface area contributed by atoms with E-state index in [-0.39, 0.29) is 21.4 Å². The summed E-state index contributed by atoms with van der Waals surface area (Å²) in [5, 5.41) is 7.45. The maximum atomic E-state index is 14.4. The lowest BCUT2D eigenvalue weighted by Gasteiger charge is -2.08. The lowest BCUT2D eigenvalue weighted by Crippen LogP contribution is -2.10. The van der Waals surface area contributed by atoms with Crippen LogP contribution in [0.3, 0.4) is 0 Å². The van der Waals surface area contributed by atoms with E-state index in [0.29, 0.717) is 12.0 Å². The predicted octanol–water partition coefficient (Wildman–Crippen LogP) is 4.11. The van der Waals surface area contributed by atoms with Gasteiger partial charge in [-0.3, -0.25) is 4.79 Å². The van der Waals surface area contributed by atoms with E-state index in [4.69, 9.17) is 23.2 Å². The second-order valence-electron chi connectivity index (χ2n) is 4.22. The predicted molar refractivity (Wildman–Crippen MR) is 75.9 cm³/mol. The van der Waals surface area contributed by atoms with Crippen LogP contribution in [0.5, 0.6) is 0 Å². The van der Waals surface area contributed by atoms with Crippen molar-refractivity contribution in [3.05, 3.63) is 57.1 Å². The minimum atomic E-state index is -0.602. The fourth-order valence-electron chi connectivity index (χ4n) is 1.83. The van der Waals surface area contributed by atoms with Gasteiger partial charge in [-0.2, -0.15) is 0 Å². The van der Waals surface area contributed by atoms with Gasteiger partial charge in [0.2, 0.25) is 5.78 Å². The molecule has 0 aliphatic carbocycles. The molecule has 0 saturated heterocycles. The van der Waals surface area contributed by atoms with Crippen LogP contribution in [0.15, 0.2) is 24.3 Å². The molecule has 0 radical (unpaired) electrons. The molecule has 0 N–H and O–H groups in total. The van der Waals surface area contributed by atoms with Gasteiger partial charge in [0.05, 0.1) is 10.6 Å². The van der Waals surface area contributed by atoms with Gasteiger partial charge in [0.25, 0.3) is 0 Å². The van der Waals surface area contributed by atoms with Gasteiger partial charge in [-0.1, -0.05) is 42.6 Å². The van der Waals surface area contributed by atoms with E-state index in [2.05, 4.69) is 10.2 Å². The Morgan fingerprint density at radius 1 is 1.20 bits per heavy atom. The van der Waals surface area contributed by atoms with Crippen LogP contribution < -0.4 is 0 Å². The van der Waals surface area contributed by atoms with Crippen molar-refractivity contribution in [1.29, 1.82) is 0 Å². The third kappa shape index (κ3) is 2.97. The molecule has 0 aliphatic heterocycles. The fourth-order valence-corrected chi connectivity index (χ4v) is 2.16. The van der Waals surface area contributed by atoms with E-state index >= 15 is 0 Å². The first-order chi connectivity index (χ1) is 9.54. The Morgan fingerprint density at radius 3 is 2.55 bits per heavy atom. The van der Waals surface area contributed by atoms with Crippen LogP contribution >= 0.6 is 23.2 Å². The first-order valence-electron chi connectivity index (χ1n) is 6.05. The van der Waals surface area contributed by atoms with Gasteiger partial charge < -0.3 is 0 Å². The molecule has 0 amide bonds. The summed E-state index contributed by atoms with van der Waals surface area (Å²) in [6.45, 7) is 1.93. The summed E-state index contributed by atoms with van der Waals surface area (Å²) in [5.74, 6) is -1.20. The third-order valence-electron chi connectivity index (χ3n) is 2.78. The van der Waals surface area contributed by atoms with Crippen molar-refractivity contribution in [2.24, 2.45) is 0 Å². The highest BCUT2D eigenvalue weighted by Gasteiger charge is 2.21. The quantitative estimate of drug-likeness (QED) is 0.798. The molecule has 6 heteroatoms. The van der Waals surface area contributed by atoms with Crippen molar-refractivity contribution in [3.8, 4) is 0 Å². The summed E-state index contributed by atoms with van der Waals surface area (Å²) in [7, 11) is 0. The third-order valence-corrected chi connectivity index (χ3v) is 3.30. The second kappa shape index (κ2) is 6.29. The number of hydrogen-bond donors (Lipinski definition) is 0. The monoisotopic (exact) mass is 312 g/mol. The Balaban J connectivity index is 2.48. The van der Waals surface area contributed by atoms with Gasteiger partial charge in [-0.25, -0.2) is 4.39 Å². The van der Waals surface area contributed by atoms with Crippen molar-refractivity contribution >= 4 is 29.0 Å². The number of halogens is 3. The molecule has 1 aromatic carbocycles. The molecule has 0 aliphatic rings. The molecule has 20 heavy (non-hydrogen) atoms. The Labute approximate surface area is 125 Å². The largest absolute Gasteiger partial charge is 0.287 e. The Bertz CT molecular complexity index is 644. The zero-order chi connectivity index (χ0) is 14.7. The highest BCUT2D eigenvalue weighted by molar-refractivity contribution is 6.35. The summed E-state index contributed by atoms with van der Waals surface area (Å²) in [6.07, 6.45) is 1.31. The van der Waals surface area contributed by atoms with Gasteiger partial charge in [-0.15, -0.1) is 10.2 Å². The van der Waals surface area contributed by atoms with Crippen LogP contribution in [0.2, 0.25) is 10.2 Å². The van der Waals surface area contributed by atoms with Crippen molar-refractivity contribution in [1.82, 2.24) is 10.2 Å². The number of hydrogen-bond acceptors (Lipinski definition) is 3. The molecule has 1 heterocycles. The lowest BCUT2D eigenvalue weighted by molar-refractivity contribution is 0.102. The summed E-state index contributed by atoms with van der Waals surface area (Å²) in [5.41, 5.74) is 0.292. The van der Waals surface area contributed by atoms with Crippen LogP contribution in [-0.2, 0) is 6.42 Å². The summed E-state index contributed by atoms with van der Waals surface area (Å²) < 4.78 is 14.4. The van der Waals surface area contributed by atoms with Crippen molar-refractivity contribution in [2.45, 2.75) is 19.8 Å². The highest BCUT2D eigenvalue weighted by atomic mass is 35.5. The number of carbonyl (C=O) groups is 1. The minimum absolute atomic E-state index is 0.00356. The summed E-state index contributed by atoms with van der Waals surface area (Å²) >= 11 is 11.5. The Morgan fingerprint density at radius 2 is 1.95 bits per heavy atom. The van der Waals surface area contributed by atoms with Crippen LogP contribution in [0, 0.1) is 5.82 Å². The number of rotatable bonds is 4. The number of aryl methyl sites for hydroxylation is 1. The van der Waals surface area contributed by atoms with E-state index in [1.54, 1.807) is 6.07 Å². The van der Waals surface area contributed by atoms with Crippen LogP contribution in [0.4, 0.5) is 4.39 Å². The highest BCUT2D eigenvalue weighted by Crippen LogP contribution is 2.25. The standard InChI is InChI=1S/C14H11Cl2FN2O/c1-2-3-8-4-5-9(15)12(13(8)17)14(20)10-6-7-11(16)19-18-10/h4-7H,2-3H2,1H3. The Kier molecular flexibility index (Phi) is 4.68. The number of nitrogens with zero attached hydrogens (tertiary/aromatic N) is 2. The molecule has 0 spiro atoms. The molecule has 0 saturated carbocycles. The van der Waals surface area contributed by atoms with Crippen LogP contribution in [0.25, 0.3) is 0 Å². The molecular formula is C14H11Cl2FN2O. The van der Waals surface area contributed by atoms with E-state index in [1.165, 1.54) is 18.2 Å². The molecule has 104 valence electrons. The number of ketones is 1. The van der Waals surface area contributed by atoms with Crippen LogP contribution in [-0.4, -0.2) is 16.0 Å². The second-order valence-corrected chi connectivity index (χ2v) is 5.01. The molecule has 0 unspecified atom stereocenters. The zero-order valence-electron chi connectivity index (χ0n) is 10.7. The normalized spacial score (nSPS) is 10.6. The number of aromatic nitrogens is 2. The van der Waals surface area contributed by atoms with E-state index < -0.39 is 11.6 Å². The van der Waals surface area contributed by atoms with Gasteiger partial charge in [0.1, 0.15) is 11.5 Å². The van der Waals surface area contributed by atoms with Crippen molar-refractivity contribution < 1.29 is 9.18 Å². The molecule has 1 aromatic heterocycles. The SMILES string of the molecule is CCCc1ccc(Cl)c(C(=O)c2ccc(Cl)nn2)c1F. The average Bonchev–Trinajstić information content (AvgIpc) is 2.43. The minimum Gasteiger partial charge on any atom is -0.287 e. The molecule has 2 aromatic rings. The summed E-state index contributed by atoms with van der Waals surface area (Å²) in [6, 6.07) is 5.92. The first kappa shape index (κ1) is 14.9. The first-order valence-corrected chi connectivity index (χ1v) is 6.81. The fraction of sp³-hybridized carbons (Fsp3) is 0.214. The molecule has 2 rings (SSSR count). The Hall–Kier alpha value is -1.52. The van der Waals surface area contributed by atoms with E-state index in [0.717, 1.165) is 6.42 Å². The van der Waals surface area contributed by atoms with Gasteiger partial charge >= 0.3 is 0 Å². The summed E-state index contributed by atoms with van der Waals surface area (Å²) in [4.78, 5) is 12.3. The molecular weight excluding hydrogens is 302 g/mol. The zero-order valence-corrected chi connectivity index (χ0v) is 12.2. The maximum absolute atomic E-state index is 14.4. The van der Waals surface area contributed by atoms with Gasteiger partial charge in [-0.05, 0) is 30.2 Å². The number of benzene rings is 1. The molecule has 0 fully saturated rings.